The number of hydrogen-bond donors (Lipinski definition) is 1. The van der Waals surface area contributed by atoms with Gasteiger partial charge in [0.1, 0.15) is 11.6 Å². The minimum Gasteiger partial charge on any atom is -0.351 e. The van der Waals surface area contributed by atoms with Gasteiger partial charge in [0.05, 0.1) is 12.2 Å². The van der Waals surface area contributed by atoms with E-state index < -0.39 is 0 Å². The average Bonchev–Trinajstić information content (AvgIpc) is 2.74. The lowest BCUT2D eigenvalue weighted by Gasteiger charge is -2.35. The molecule has 3 rings (SSSR count). The van der Waals surface area contributed by atoms with Gasteiger partial charge >= 0.3 is 0 Å². The standard InChI is InChI=1S/C21H25ClN6O/c1-3-17-18(13-23)21(26-25-19(17)4-2)28-11-9-27(10-12-28)14-20(29)24-16-7-5-15(22)6-8-16/h5-8H,3-4,9-12,14H2,1-2H3,(H,24,29). The zero-order valence-electron chi connectivity index (χ0n) is 16.8. The highest BCUT2D eigenvalue weighted by Crippen LogP contribution is 2.24. The molecule has 1 saturated heterocycles. The van der Waals surface area contributed by atoms with Crippen LogP contribution in [0.1, 0.15) is 30.7 Å². The topological polar surface area (TPSA) is 85.2 Å². The molecule has 1 aliphatic heterocycles. The summed E-state index contributed by atoms with van der Waals surface area (Å²) in [6.45, 7) is 7.23. The molecule has 1 aromatic carbocycles. The van der Waals surface area contributed by atoms with Crippen molar-refractivity contribution >= 4 is 29.0 Å². The van der Waals surface area contributed by atoms with Gasteiger partial charge in [-0.2, -0.15) is 10.4 Å². The Bertz CT molecular complexity index is 901. The second-order valence-corrected chi connectivity index (χ2v) is 7.40. The van der Waals surface area contributed by atoms with Gasteiger partial charge in [-0.3, -0.25) is 9.69 Å². The van der Waals surface area contributed by atoms with Gasteiger partial charge < -0.3 is 10.2 Å². The molecule has 7 nitrogen and oxygen atoms in total. The number of anilines is 2. The molecule has 0 unspecified atom stereocenters. The van der Waals surface area contributed by atoms with Gasteiger partial charge in [-0.25, -0.2) is 0 Å². The first kappa shape index (κ1) is 21.0. The zero-order chi connectivity index (χ0) is 20.8. The molecule has 1 aliphatic rings. The fourth-order valence-corrected chi connectivity index (χ4v) is 3.68. The highest BCUT2D eigenvalue weighted by atomic mass is 35.5. The minimum atomic E-state index is -0.0566. The minimum absolute atomic E-state index is 0.0566. The number of carbonyl (C=O) groups is 1. The Labute approximate surface area is 176 Å². The van der Waals surface area contributed by atoms with Gasteiger partial charge in [0.2, 0.25) is 5.91 Å². The fraction of sp³-hybridized carbons (Fsp3) is 0.429. The highest BCUT2D eigenvalue weighted by molar-refractivity contribution is 6.30. The van der Waals surface area contributed by atoms with E-state index in [0.29, 0.717) is 36.0 Å². The van der Waals surface area contributed by atoms with Crippen LogP contribution >= 0.6 is 11.6 Å². The Morgan fingerprint density at radius 3 is 2.41 bits per heavy atom. The smallest absolute Gasteiger partial charge is 0.238 e. The van der Waals surface area contributed by atoms with E-state index in [1.807, 2.05) is 13.8 Å². The average molecular weight is 413 g/mol. The molecule has 0 bridgehead atoms. The lowest BCUT2D eigenvalue weighted by atomic mass is 10.0. The summed E-state index contributed by atoms with van der Waals surface area (Å²) < 4.78 is 0. The van der Waals surface area contributed by atoms with Gasteiger partial charge in [0, 0.05) is 36.9 Å². The van der Waals surface area contributed by atoms with Crippen LogP contribution in [-0.2, 0) is 17.6 Å². The van der Waals surface area contributed by atoms with Crippen LogP contribution in [0, 0.1) is 11.3 Å². The fourth-order valence-electron chi connectivity index (χ4n) is 3.56. The number of carbonyl (C=O) groups excluding carboxylic acids is 1. The van der Waals surface area contributed by atoms with Crippen LogP contribution in [0.3, 0.4) is 0 Å². The number of rotatable bonds is 6. The number of halogens is 1. The largest absolute Gasteiger partial charge is 0.351 e. The van der Waals surface area contributed by atoms with Gasteiger partial charge in [0.15, 0.2) is 5.82 Å². The van der Waals surface area contributed by atoms with E-state index in [-0.39, 0.29) is 5.91 Å². The number of amides is 1. The van der Waals surface area contributed by atoms with Crippen LogP contribution in [0.2, 0.25) is 5.02 Å². The molecule has 1 N–H and O–H groups in total. The third-order valence-electron chi connectivity index (χ3n) is 5.11. The summed E-state index contributed by atoms with van der Waals surface area (Å²) in [6, 6.07) is 9.39. The molecule has 0 aliphatic carbocycles. The maximum absolute atomic E-state index is 12.3. The molecule has 2 aromatic rings. The van der Waals surface area contributed by atoms with Crippen molar-refractivity contribution in [3.05, 3.63) is 46.1 Å². The lowest BCUT2D eigenvalue weighted by Crippen LogP contribution is -2.49. The summed E-state index contributed by atoms with van der Waals surface area (Å²) in [5.74, 6) is 0.602. The van der Waals surface area contributed by atoms with Crippen LogP contribution in [0.4, 0.5) is 11.5 Å². The number of nitrogens with one attached hydrogen (secondary N) is 1. The van der Waals surface area contributed by atoms with E-state index in [9.17, 15) is 10.1 Å². The van der Waals surface area contributed by atoms with Gasteiger partial charge in [0.25, 0.3) is 0 Å². The van der Waals surface area contributed by atoms with Gasteiger partial charge in [-0.15, -0.1) is 5.10 Å². The first-order valence-electron chi connectivity index (χ1n) is 9.86. The molecule has 0 atom stereocenters. The van der Waals surface area contributed by atoms with Crippen LogP contribution in [-0.4, -0.2) is 53.7 Å². The normalized spacial score (nSPS) is 14.5. The van der Waals surface area contributed by atoms with Crippen LogP contribution in [0.15, 0.2) is 24.3 Å². The van der Waals surface area contributed by atoms with Crippen LogP contribution in [0.25, 0.3) is 0 Å². The number of hydrogen-bond acceptors (Lipinski definition) is 6. The summed E-state index contributed by atoms with van der Waals surface area (Å²) in [5.41, 5.74) is 3.25. The number of nitriles is 1. The molecule has 1 aromatic heterocycles. The maximum atomic E-state index is 12.3. The third-order valence-corrected chi connectivity index (χ3v) is 5.36. The second-order valence-electron chi connectivity index (χ2n) is 6.96. The SMILES string of the molecule is CCc1nnc(N2CCN(CC(=O)Nc3ccc(Cl)cc3)CC2)c(C#N)c1CC. The Kier molecular flexibility index (Phi) is 7.02. The Balaban J connectivity index is 1.60. The molecular formula is C21H25ClN6O. The van der Waals surface area contributed by atoms with Crippen molar-refractivity contribution in [1.82, 2.24) is 15.1 Å². The van der Waals surface area contributed by atoms with Crippen LogP contribution in [0.5, 0.6) is 0 Å². The highest BCUT2D eigenvalue weighted by Gasteiger charge is 2.24. The van der Waals surface area contributed by atoms with E-state index >= 15 is 0 Å². The zero-order valence-corrected chi connectivity index (χ0v) is 17.5. The molecule has 29 heavy (non-hydrogen) atoms. The van der Waals surface area contributed by atoms with E-state index in [0.717, 1.165) is 42.9 Å². The summed E-state index contributed by atoms with van der Waals surface area (Å²) in [4.78, 5) is 16.5. The maximum Gasteiger partial charge on any atom is 0.238 e. The summed E-state index contributed by atoms with van der Waals surface area (Å²) in [5, 5.41) is 21.9. The van der Waals surface area contributed by atoms with E-state index in [1.165, 1.54) is 0 Å². The molecule has 0 spiro atoms. The van der Waals surface area contributed by atoms with Crippen molar-refractivity contribution in [2.75, 3.05) is 42.9 Å². The Morgan fingerprint density at radius 2 is 1.83 bits per heavy atom. The Morgan fingerprint density at radius 1 is 1.14 bits per heavy atom. The second kappa shape index (κ2) is 9.68. The molecule has 1 amide bonds. The number of piperazine rings is 1. The van der Waals surface area contributed by atoms with E-state index in [4.69, 9.17) is 11.6 Å². The third kappa shape index (κ3) is 5.03. The van der Waals surface area contributed by atoms with Crippen molar-refractivity contribution in [2.24, 2.45) is 0 Å². The van der Waals surface area contributed by atoms with Crippen LogP contribution < -0.4 is 10.2 Å². The first-order valence-corrected chi connectivity index (χ1v) is 10.2. The van der Waals surface area contributed by atoms with E-state index in [1.54, 1.807) is 24.3 Å². The summed E-state index contributed by atoms with van der Waals surface area (Å²) in [6.07, 6.45) is 1.53. The van der Waals surface area contributed by atoms with Gasteiger partial charge in [-0.05, 0) is 42.7 Å². The first-order chi connectivity index (χ1) is 14.0. The molecule has 0 saturated carbocycles. The molecule has 0 radical (unpaired) electrons. The number of benzene rings is 1. The Hall–Kier alpha value is -2.69. The van der Waals surface area contributed by atoms with E-state index in [2.05, 4.69) is 31.4 Å². The quantitative estimate of drug-likeness (QED) is 0.785. The van der Waals surface area contributed by atoms with Crippen molar-refractivity contribution in [3.8, 4) is 6.07 Å². The summed E-state index contributed by atoms with van der Waals surface area (Å²) >= 11 is 5.87. The predicted octanol–water partition coefficient (Wildman–Crippen LogP) is 2.89. The molecule has 2 heterocycles. The monoisotopic (exact) mass is 412 g/mol. The molecule has 1 fully saturated rings. The number of aryl methyl sites for hydroxylation is 1. The van der Waals surface area contributed by atoms with Crippen molar-refractivity contribution in [3.63, 3.8) is 0 Å². The number of aromatic nitrogens is 2. The van der Waals surface area contributed by atoms with Gasteiger partial charge in [-0.1, -0.05) is 25.4 Å². The summed E-state index contributed by atoms with van der Waals surface area (Å²) in [7, 11) is 0. The number of nitrogens with zero attached hydrogens (tertiary/aromatic N) is 5. The predicted molar refractivity (Wildman–Crippen MR) is 114 cm³/mol. The van der Waals surface area contributed by atoms with Crippen molar-refractivity contribution < 1.29 is 4.79 Å². The van der Waals surface area contributed by atoms with Crippen molar-refractivity contribution in [1.29, 1.82) is 5.26 Å². The van der Waals surface area contributed by atoms with Crippen molar-refractivity contribution in [2.45, 2.75) is 26.7 Å². The molecular weight excluding hydrogens is 388 g/mol. The molecule has 152 valence electrons. The molecule has 8 heteroatoms. The lowest BCUT2D eigenvalue weighted by molar-refractivity contribution is -0.117.